The van der Waals surface area contributed by atoms with E-state index in [1.165, 1.54) is 20.9 Å². The van der Waals surface area contributed by atoms with Crippen LogP contribution in [0.2, 0.25) is 10.0 Å². The molecule has 2 aliphatic rings. The molecule has 0 aromatic heterocycles. The van der Waals surface area contributed by atoms with Crippen molar-refractivity contribution in [2.75, 3.05) is 0 Å². The van der Waals surface area contributed by atoms with Crippen molar-refractivity contribution in [3.8, 4) is 16.6 Å². The van der Waals surface area contributed by atoms with Gasteiger partial charge in [-0.25, -0.2) is 0 Å². The van der Waals surface area contributed by atoms with Crippen molar-refractivity contribution >= 4 is 44.1 Å². The van der Waals surface area contributed by atoms with Gasteiger partial charge in [0, 0.05) is 10.5 Å². The van der Waals surface area contributed by atoms with Crippen molar-refractivity contribution < 1.29 is 0 Å². The van der Waals surface area contributed by atoms with Gasteiger partial charge in [-0.15, -0.1) is 0 Å². The van der Waals surface area contributed by atoms with Crippen molar-refractivity contribution in [2.24, 2.45) is 0 Å². The summed E-state index contributed by atoms with van der Waals surface area (Å²) < 4.78 is 4.04. The van der Waals surface area contributed by atoms with Gasteiger partial charge in [0.2, 0.25) is 0 Å². The van der Waals surface area contributed by atoms with Gasteiger partial charge in [0.15, 0.2) is 0 Å². The molecule has 1 aliphatic carbocycles. The number of fused-ring (bicyclic) bond motifs is 1. The van der Waals surface area contributed by atoms with Gasteiger partial charge in [0.05, 0.1) is 14.9 Å². The molecule has 60 valence electrons. The lowest BCUT2D eigenvalue weighted by atomic mass is 10.3. The Bertz CT molecular complexity index is 439. The molecule has 0 unspecified atom stereocenters. The van der Waals surface area contributed by atoms with Crippen LogP contribution in [0.4, 0.5) is 0 Å². The zero-order valence-corrected chi connectivity index (χ0v) is 8.61. The summed E-state index contributed by atoms with van der Waals surface area (Å²) in [7, 11) is 2.74. The maximum Gasteiger partial charge on any atom is 0.116 e. The summed E-state index contributed by atoms with van der Waals surface area (Å²) in [5.41, 5.74) is 1.01. The highest BCUT2D eigenvalue weighted by molar-refractivity contribution is 7.68. The Balaban J connectivity index is 2.87. The van der Waals surface area contributed by atoms with E-state index in [-0.39, 0.29) is 0 Å². The third-order valence-electron chi connectivity index (χ3n) is 1.42. The molecule has 0 N–H and O–H groups in total. The van der Waals surface area contributed by atoms with E-state index in [0.717, 1.165) is 4.88 Å². The van der Waals surface area contributed by atoms with E-state index in [4.69, 9.17) is 28.5 Å². The lowest BCUT2D eigenvalue weighted by molar-refractivity contribution is 1.48. The highest BCUT2D eigenvalue weighted by Crippen LogP contribution is 2.45. The first-order valence-corrected chi connectivity index (χ1v) is 5.74. The zero-order valence-electron chi connectivity index (χ0n) is 5.47. The second kappa shape index (κ2) is 2.86. The summed E-state index contributed by atoms with van der Waals surface area (Å²) in [4.78, 5) is 0.809. The molecule has 0 atom stereocenters. The summed E-state index contributed by atoms with van der Waals surface area (Å²) >= 11 is 11.7. The molecule has 2 nitrogen and oxygen atoms in total. The molecular formula is C6Cl2N2S2. The van der Waals surface area contributed by atoms with Crippen LogP contribution in [0.5, 0.6) is 0 Å². The van der Waals surface area contributed by atoms with Gasteiger partial charge in [-0.05, 0) is 0 Å². The number of aromatic nitrogens is 1. The third kappa shape index (κ3) is 0.947. The van der Waals surface area contributed by atoms with Gasteiger partial charge in [-0.3, -0.25) is 0 Å². The highest BCUT2D eigenvalue weighted by atomic mass is 35.5. The smallest absolute Gasteiger partial charge is 0.116 e. The van der Waals surface area contributed by atoms with E-state index in [2.05, 4.69) is 4.37 Å². The van der Waals surface area contributed by atoms with E-state index in [9.17, 15) is 0 Å². The average molecular weight is 235 g/mol. The molecule has 0 bridgehead atoms. The predicted octanol–water partition coefficient (Wildman–Crippen LogP) is 3.49. The fourth-order valence-corrected chi connectivity index (χ4v) is 3.48. The predicted molar refractivity (Wildman–Crippen MR) is 51.3 cm³/mol. The Morgan fingerprint density at radius 2 is 2.08 bits per heavy atom. The largest absolute Gasteiger partial charge is 0.192 e. The maximum atomic E-state index is 8.72. The fraction of sp³-hybridized carbons (Fsp3) is 0. The minimum atomic E-state index is 0.320. The Morgan fingerprint density at radius 3 is 2.75 bits per heavy atom. The van der Waals surface area contributed by atoms with Crippen LogP contribution in [0.1, 0.15) is 5.56 Å². The number of nitriles is 1. The monoisotopic (exact) mass is 234 g/mol. The van der Waals surface area contributed by atoms with Crippen molar-refractivity contribution in [1.29, 1.82) is 5.26 Å². The van der Waals surface area contributed by atoms with Gasteiger partial charge in [-0.1, -0.05) is 33.5 Å². The maximum absolute atomic E-state index is 8.72. The van der Waals surface area contributed by atoms with Crippen molar-refractivity contribution in [3.63, 3.8) is 0 Å². The van der Waals surface area contributed by atoms with Crippen LogP contribution in [-0.4, -0.2) is 4.37 Å². The van der Waals surface area contributed by atoms with Gasteiger partial charge in [0.25, 0.3) is 0 Å². The molecule has 0 aromatic rings. The van der Waals surface area contributed by atoms with E-state index < -0.39 is 0 Å². The molecule has 0 spiro atoms. The Morgan fingerprint density at radius 1 is 1.33 bits per heavy atom. The first-order valence-electron chi connectivity index (χ1n) is 2.88. The van der Waals surface area contributed by atoms with Gasteiger partial charge >= 0.3 is 0 Å². The van der Waals surface area contributed by atoms with Crippen molar-refractivity contribution in [3.05, 3.63) is 15.6 Å². The molecular weight excluding hydrogens is 235 g/mol. The molecule has 0 fully saturated rings. The topological polar surface area (TPSA) is 36.7 Å². The minimum Gasteiger partial charge on any atom is -0.192 e. The van der Waals surface area contributed by atoms with Crippen LogP contribution in [-0.2, 0) is 0 Å². The SMILES string of the molecule is N#Cc1c2nssc-2c(Cl)c1Cl. The van der Waals surface area contributed by atoms with E-state index in [1.54, 1.807) is 0 Å². The quantitative estimate of drug-likeness (QED) is 0.655. The Hall–Kier alpha value is -0.340. The third-order valence-corrected chi connectivity index (χ3v) is 4.23. The molecule has 0 amide bonds. The van der Waals surface area contributed by atoms with Crippen LogP contribution in [0.15, 0.2) is 0 Å². The van der Waals surface area contributed by atoms with Crippen LogP contribution in [0, 0.1) is 11.3 Å². The van der Waals surface area contributed by atoms with Crippen LogP contribution in [0.25, 0.3) is 10.6 Å². The van der Waals surface area contributed by atoms with Crippen molar-refractivity contribution in [1.82, 2.24) is 4.37 Å². The molecule has 0 radical (unpaired) electrons. The van der Waals surface area contributed by atoms with E-state index in [0.29, 0.717) is 21.3 Å². The summed E-state index contributed by atoms with van der Waals surface area (Å²) in [6, 6.07) is 1.98. The second-order valence-electron chi connectivity index (χ2n) is 2.04. The summed E-state index contributed by atoms with van der Waals surface area (Å²) in [6.45, 7) is 0. The molecule has 0 aromatic carbocycles. The summed E-state index contributed by atoms with van der Waals surface area (Å²) in [5, 5.41) is 9.49. The molecule has 12 heavy (non-hydrogen) atoms. The number of hydrogen-bond acceptors (Lipinski definition) is 4. The van der Waals surface area contributed by atoms with Gasteiger partial charge in [-0.2, -0.15) is 9.64 Å². The summed E-state index contributed by atoms with van der Waals surface area (Å²) in [6.07, 6.45) is 0. The first kappa shape index (κ1) is 8.27. The number of rotatable bonds is 0. The number of hydrogen-bond donors (Lipinski definition) is 0. The lowest BCUT2D eigenvalue weighted by Crippen LogP contribution is -1.72. The van der Waals surface area contributed by atoms with Crippen LogP contribution < -0.4 is 0 Å². The van der Waals surface area contributed by atoms with Crippen LogP contribution >= 0.6 is 44.1 Å². The lowest BCUT2D eigenvalue weighted by Gasteiger charge is -1.81. The Kier molecular flexibility index (Phi) is 1.97. The normalized spacial score (nSPS) is 10.4. The minimum absolute atomic E-state index is 0.320. The first-order chi connectivity index (χ1) is 5.75. The molecule has 0 saturated carbocycles. The molecule has 1 aliphatic heterocycles. The Labute approximate surface area is 85.9 Å². The number of halogens is 2. The second-order valence-corrected chi connectivity index (χ2v) is 4.65. The molecule has 0 saturated heterocycles. The molecule has 2 rings (SSSR count). The average Bonchev–Trinajstić information content (AvgIpc) is 2.59. The van der Waals surface area contributed by atoms with E-state index in [1.807, 2.05) is 6.07 Å². The highest BCUT2D eigenvalue weighted by Gasteiger charge is 2.24. The van der Waals surface area contributed by atoms with Gasteiger partial charge < -0.3 is 0 Å². The number of nitrogens with zero attached hydrogens (tertiary/aromatic N) is 2. The fourth-order valence-electron chi connectivity index (χ4n) is 0.889. The standard InChI is InChI=1S/C6Cl2N2S2/c7-3-2(1-9)5-6(4(3)8)11-12-10-5. The van der Waals surface area contributed by atoms with E-state index >= 15 is 0 Å². The molecule has 1 heterocycles. The molecule has 6 heteroatoms. The van der Waals surface area contributed by atoms with Crippen molar-refractivity contribution in [2.45, 2.75) is 0 Å². The van der Waals surface area contributed by atoms with Gasteiger partial charge in [0.1, 0.15) is 17.3 Å². The zero-order chi connectivity index (χ0) is 8.72. The summed E-state index contributed by atoms with van der Waals surface area (Å²) in [5.74, 6) is 0. The van der Waals surface area contributed by atoms with Crippen LogP contribution in [0.3, 0.4) is 0 Å².